The summed E-state index contributed by atoms with van der Waals surface area (Å²) in [6.45, 7) is -0.126. The van der Waals surface area contributed by atoms with Crippen LogP contribution in [0.5, 0.6) is 5.75 Å². The summed E-state index contributed by atoms with van der Waals surface area (Å²) in [4.78, 5) is 11.9. The van der Waals surface area contributed by atoms with Gasteiger partial charge in [-0.05, 0) is 18.2 Å². The molecule has 0 saturated heterocycles. The molecule has 1 aromatic heterocycles. The van der Waals surface area contributed by atoms with E-state index < -0.39 is 0 Å². The fraction of sp³-hybridized carbons (Fsp3) is 0.143. The first kappa shape index (κ1) is 13.2. The van der Waals surface area contributed by atoms with Gasteiger partial charge in [-0.25, -0.2) is 0 Å². The van der Waals surface area contributed by atoms with Crippen molar-refractivity contribution in [3.8, 4) is 11.8 Å². The quantitative estimate of drug-likeness (QED) is 0.806. The number of carbonyl (C=O) groups is 1. The third kappa shape index (κ3) is 3.15. The molecule has 0 fully saturated rings. The number of ketones is 1. The summed E-state index contributed by atoms with van der Waals surface area (Å²) in [6.07, 6.45) is 3.50. The van der Waals surface area contributed by atoms with Crippen LogP contribution in [0.2, 0.25) is 5.02 Å². The predicted octanol–water partition coefficient (Wildman–Crippen LogP) is 2.81. The van der Waals surface area contributed by atoms with Crippen molar-refractivity contribution in [2.45, 2.75) is 0 Å². The summed E-state index contributed by atoms with van der Waals surface area (Å²) in [5.41, 5.74) is 0.924. The van der Waals surface area contributed by atoms with Gasteiger partial charge in [0.15, 0.2) is 6.61 Å². The van der Waals surface area contributed by atoms with Gasteiger partial charge < -0.3 is 9.30 Å². The van der Waals surface area contributed by atoms with Crippen LogP contribution in [-0.4, -0.2) is 17.0 Å². The minimum absolute atomic E-state index is 0.126. The molecule has 4 nitrogen and oxygen atoms in total. The molecule has 0 radical (unpaired) electrons. The Kier molecular flexibility index (Phi) is 3.88. The van der Waals surface area contributed by atoms with Gasteiger partial charge in [-0.1, -0.05) is 11.6 Å². The third-order valence-electron chi connectivity index (χ3n) is 2.58. The lowest BCUT2D eigenvalue weighted by Crippen LogP contribution is -2.11. The Labute approximate surface area is 115 Å². The molecule has 0 atom stereocenters. The lowest BCUT2D eigenvalue weighted by atomic mass is 10.2. The van der Waals surface area contributed by atoms with Gasteiger partial charge in [0.25, 0.3) is 0 Å². The maximum Gasteiger partial charge on any atom is 0.201 e. The molecule has 0 unspecified atom stereocenters. The summed E-state index contributed by atoms with van der Waals surface area (Å²) >= 11 is 5.83. The number of aromatic nitrogens is 1. The molecule has 0 saturated carbocycles. The zero-order chi connectivity index (χ0) is 13.8. The number of rotatable bonds is 4. The Morgan fingerprint density at radius 1 is 1.47 bits per heavy atom. The first-order valence-corrected chi connectivity index (χ1v) is 5.95. The second-order valence-electron chi connectivity index (χ2n) is 4.03. The van der Waals surface area contributed by atoms with Crippen LogP contribution >= 0.6 is 11.6 Å². The number of nitrogens with zero attached hydrogens (tertiary/aromatic N) is 2. The molecular weight excluding hydrogens is 264 g/mol. The van der Waals surface area contributed by atoms with Crippen molar-refractivity contribution in [2.24, 2.45) is 7.05 Å². The molecule has 0 aliphatic heterocycles. The average Bonchev–Trinajstić information content (AvgIpc) is 2.83. The minimum atomic E-state index is -0.149. The van der Waals surface area contributed by atoms with Crippen LogP contribution in [0.1, 0.15) is 15.9 Å². The molecule has 2 rings (SSSR count). The molecular formula is C14H11ClN2O2. The van der Waals surface area contributed by atoms with Gasteiger partial charge >= 0.3 is 0 Å². The van der Waals surface area contributed by atoms with E-state index in [4.69, 9.17) is 21.6 Å². The molecule has 0 bridgehead atoms. The SMILES string of the molecule is Cn1ccc(C(=O)COc2cc(Cl)ccc2C#N)c1. The van der Waals surface area contributed by atoms with Gasteiger partial charge in [0, 0.05) is 36.1 Å². The molecule has 1 aromatic carbocycles. The van der Waals surface area contributed by atoms with Crippen molar-refractivity contribution < 1.29 is 9.53 Å². The van der Waals surface area contributed by atoms with Crippen LogP contribution in [0.3, 0.4) is 0 Å². The third-order valence-corrected chi connectivity index (χ3v) is 2.81. The van der Waals surface area contributed by atoms with Crippen LogP contribution in [0.4, 0.5) is 0 Å². The lowest BCUT2D eigenvalue weighted by molar-refractivity contribution is 0.0921. The highest BCUT2D eigenvalue weighted by Gasteiger charge is 2.10. The van der Waals surface area contributed by atoms with E-state index in [2.05, 4.69) is 0 Å². The van der Waals surface area contributed by atoms with Crippen LogP contribution < -0.4 is 4.74 Å². The molecule has 0 aliphatic rings. The average molecular weight is 275 g/mol. The van der Waals surface area contributed by atoms with Gasteiger partial charge in [-0.3, -0.25) is 4.79 Å². The van der Waals surface area contributed by atoms with E-state index in [1.54, 1.807) is 35.2 Å². The number of hydrogen-bond donors (Lipinski definition) is 0. The Morgan fingerprint density at radius 2 is 2.26 bits per heavy atom. The highest BCUT2D eigenvalue weighted by atomic mass is 35.5. The van der Waals surface area contributed by atoms with Crippen molar-refractivity contribution in [3.63, 3.8) is 0 Å². The van der Waals surface area contributed by atoms with E-state index in [0.717, 1.165) is 0 Å². The van der Waals surface area contributed by atoms with E-state index in [9.17, 15) is 4.79 Å². The van der Waals surface area contributed by atoms with Gasteiger partial charge in [0.1, 0.15) is 11.8 Å². The van der Waals surface area contributed by atoms with Crippen LogP contribution in [0.15, 0.2) is 36.7 Å². The largest absolute Gasteiger partial charge is 0.484 e. The fourth-order valence-electron chi connectivity index (χ4n) is 1.60. The van der Waals surface area contributed by atoms with Crippen molar-refractivity contribution in [3.05, 3.63) is 52.8 Å². The molecule has 2 aromatic rings. The smallest absolute Gasteiger partial charge is 0.201 e. The predicted molar refractivity (Wildman–Crippen MR) is 71.4 cm³/mol. The van der Waals surface area contributed by atoms with E-state index in [1.165, 1.54) is 6.07 Å². The monoisotopic (exact) mass is 274 g/mol. The van der Waals surface area contributed by atoms with Crippen molar-refractivity contribution in [2.75, 3.05) is 6.61 Å². The van der Waals surface area contributed by atoms with Crippen LogP contribution in [0.25, 0.3) is 0 Å². The molecule has 1 heterocycles. The lowest BCUT2D eigenvalue weighted by Gasteiger charge is -2.06. The Morgan fingerprint density at radius 3 is 2.89 bits per heavy atom. The molecule has 0 amide bonds. The number of Topliss-reactive ketones (excluding diaryl/α,β-unsaturated/α-hetero) is 1. The summed E-state index contributed by atoms with van der Waals surface area (Å²) < 4.78 is 7.15. The highest BCUT2D eigenvalue weighted by molar-refractivity contribution is 6.30. The van der Waals surface area contributed by atoms with E-state index in [0.29, 0.717) is 21.9 Å². The summed E-state index contributed by atoms with van der Waals surface area (Å²) in [7, 11) is 1.84. The molecule has 96 valence electrons. The van der Waals surface area contributed by atoms with Crippen molar-refractivity contribution in [1.82, 2.24) is 4.57 Å². The molecule has 19 heavy (non-hydrogen) atoms. The van der Waals surface area contributed by atoms with Crippen LogP contribution in [0, 0.1) is 11.3 Å². The van der Waals surface area contributed by atoms with Crippen molar-refractivity contribution in [1.29, 1.82) is 5.26 Å². The minimum Gasteiger partial charge on any atom is -0.484 e. The number of aryl methyl sites for hydroxylation is 1. The van der Waals surface area contributed by atoms with Gasteiger partial charge in [-0.15, -0.1) is 0 Å². The number of carbonyl (C=O) groups excluding carboxylic acids is 1. The van der Waals surface area contributed by atoms with E-state index in [-0.39, 0.29) is 12.4 Å². The number of hydrogen-bond acceptors (Lipinski definition) is 3. The standard InChI is InChI=1S/C14H11ClN2O2/c1-17-5-4-11(8-17)13(18)9-19-14-6-12(15)3-2-10(14)7-16/h2-6,8H,9H2,1H3. The number of ether oxygens (including phenoxy) is 1. The number of nitriles is 1. The summed E-state index contributed by atoms with van der Waals surface area (Å²) in [5, 5.41) is 9.39. The highest BCUT2D eigenvalue weighted by Crippen LogP contribution is 2.22. The Bertz CT molecular complexity index is 656. The van der Waals surface area contributed by atoms with Crippen molar-refractivity contribution >= 4 is 17.4 Å². The van der Waals surface area contributed by atoms with Gasteiger partial charge in [0.2, 0.25) is 5.78 Å². The van der Waals surface area contributed by atoms with E-state index >= 15 is 0 Å². The molecule has 0 spiro atoms. The van der Waals surface area contributed by atoms with Gasteiger partial charge in [0.05, 0.1) is 5.56 Å². The second kappa shape index (κ2) is 5.59. The summed E-state index contributed by atoms with van der Waals surface area (Å²) in [6, 6.07) is 8.40. The number of benzene rings is 1. The zero-order valence-corrected chi connectivity index (χ0v) is 11.0. The Balaban J connectivity index is 2.09. The zero-order valence-electron chi connectivity index (χ0n) is 10.3. The first-order valence-electron chi connectivity index (χ1n) is 5.58. The maximum atomic E-state index is 11.9. The molecule has 0 N–H and O–H groups in total. The molecule has 0 aliphatic carbocycles. The topological polar surface area (TPSA) is 55.0 Å². The summed E-state index contributed by atoms with van der Waals surface area (Å²) in [5.74, 6) is 0.170. The maximum absolute atomic E-state index is 11.9. The van der Waals surface area contributed by atoms with Crippen LogP contribution in [-0.2, 0) is 7.05 Å². The Hall–Kier alpha value is -2.25. The number of halogens is 1. The second-order valence-corrected chi connectivity index (χ2v) is 4.47. The fourth-order valence-corrected chi connectivity index (χ4v) is 1.76. The van der Waals surface area contributed by atoms with Gasteiger partial charge in [-0.2, -0.15) is 5.26 Å². The first-order chi connectivity index (χ1) is 9.10. The normalized spacial score (nSPS) is 9.95. The molecule has 5 heteroatoms. The van der Waals surface area contributed by atoms with E-state index in [1.807, 2.05) is 13.1 Å².